The molecule has 1 aromatic rings. The van der Waals surface area contributed by atoms with Gasteiger partial charge in [0.2, 0.25) is 5.91 Å². The molecule has 1 saturated carbocycles. The van der Waals surface area contributed by atoms with Crippen molar-refractivity contribution in [3.63, 3.8) is 0 Å². The molecule has 0 unspecified atom stereocenters. The number of rotatable bonds is 5. The highest BCUT2D eigenvalue weighted by Crippen LogP contribution is 2.48. The van der Waals surface area contributed by atoms with Crippen LogP contribution in [0.4, 0.5) is 0 Å². The molecule has 3 rings (SSSR count). The average Bonchev–Trinajstić information content (AvgIpc) is 3.21. The van der Waals surface area contributed by atoms with Crippen LogP contribution in [0.5, 0.6) is 0 Å². The van der Waals surface area contributed by atoms with Crippen LogP contribution in [0.15, 0.2) is 24.3 Å². The van der Waals surface area contributed by atoms with Crippen LogP contribution in [0.25, 0.3) is 0 Å². The van der Waals surface area contributed by atoms with Gasteiger partial charge in [0.05, 0.1) is 12.1 Å². The van der Waals surface area contributed by atoms with E-state index in [0.717, 1.165) is 19.5 Å². The predicted octanol–water partition coefficient (Wildman–Crippen LogP) is 1.86. The van der Waals surface area contributed by atoms with Crippen LogP contribution in [-0.4, -0.2) is 50.2 Å². The summed E-state index contributed by atoms with van der Waals surface area (Å²) in [5, 5.41) is 3.19. The lowest BCUT2D eigenvalue weighted by Gasteiger charge is -2.22. The van der Waals surface area contributed by atoms with E-state index in [0.29, 0.717) is 0 Å². The minimum atomic E-state index is -0.0578. The lowest BCUT2D eigenvalue weighted by atomic mass is 9.92. The van der Waals surface area contributed by atoms with Crippen molar-refractivity contribution >= 4 is 5.91 Å². The smallest absolute Gasteiger partial charge is 0.237 e. The number of benzene rings is 1. The Bertz CT molecular complexity index is 554. The van der Waals surface area contributed by atoms with E-state index in [-0.39, 0.29) is 23.5 Å². The summed E-state index contributed by atoms with van der Waals surface area (Å²) in [7, 11) is 3.72. The van der Waals surface area contributed by atoms with Gasteiger partial charge in [0, 0.05) is 25.6 Å². The maximum Gasteiger partial charge on any atom is 0.237 e. The third kappa shape index (κ3) is 2.90. The van der Waals surface area contributed by atoms with Crippen LogP contribution in [0, 0.1) is 6.92 Å². The van der Waals surface area contributed by atoms with Crippen molar-refractivity contribution in [2.75, 3.05) is 27.2 Å². The Labute approximate surface area is 132 Å². The molecule has 2 fully saturated rings. The van der Waals surface area contributed by atoms with Gasteiger partial charge < -0.3 is 10.1 Å². The Morgan fingerprint density at radius 3 is 2.73 bits per heavy atom. The fraction of sp³-hybridized carbons (Fsp3) is 0.611. The van der Waals surface area contributed by atoms with Crippen molar-refractivity contribution in [1.82, 2.24) is 10.2 Å². The Morgan fingerprint density at radius 2 is 2.14 bits per heavy atom. The summed E-state index contributed by atoms with van der Waals surface area (Å²) in [6.45, 7) is 3.74. The van der Waals surface area contributed by atoms with Crippen LogP contribution in [0.2, 0.25) is 0 Å². The largest absolute Gasteiger partial charge is 0.380 e. The van der Waals surface area contributed by atoms with Gasteiger partial charge in [-0.15, -0.1) is 0 Å². The van der Waals surface area contributed by atoms with Gasteiger partial charge in [-0.3, -0.25) is 9.69 Å². The highest BCUT2D eigenvalue weighted by Gasteiger charge is 2.45. The molecule has 2 atom stereocenters. The maximum atomic E-state index is 12.5. The van der Waals surface area contributed by atoms with Gasteiger partial charge in [0.1, 0.15) is 0 Å². The number of aryl methyl sites for hydroxylation is 1. The Hall–Kier alpha value is -1.39. The first-order chi connectivity index (χ1) is 10.6. The van der Waals surface area contributed by atoms with Gasteiger partial charge >= 0.3 is 0 Å². The molecule has 1 saturated heterocycles. The van der Waals surface area contributed by atoms with Crippen molar-refractivity contribution in [2.45, 2.75) is 43.7 Å². The molecule has 1 heterocycles. The average molecular weight is 302 g/mol. The van der Waals surface area contributed by atoms with Crippen molar-refractivity contribution in [3.05, 3.63) is 35.4 Å². The van der Waals surface area contributed by atoms with Crippen LogP contribution in [-0.2, 0) is 14.9 Å². The van der Waals surface area contributed by atoms with Crippen molar-refractivity contribution < 1.29 is 9.53 Å². The molecule has 22 heavy (non-hydrogen) atoms. The molecule has 0 radical (unpaired) electrons. The highest BCUT2D eigenvalue weighted by molar-refractivity contribution is 5.82. The van der Waals surface area contributed by atoms with E-state index in [1.807, 2.05) is 7.05 Å². The van der Waals surface area contributed by atoms with Crippen LogP contribution >= 0.6 is 0 Å². The van der Waals surface area contributed by atoms with Crippen LogP contribution < -0.4 is 5.32 Å². The number of amides is 1. The first-order valence-corrected chi connectivity index (χ1v) is 8.12. The molecule has 1 aliphatic carbocycles. The number of likely N-dealkylation sites (N-methyl/N-ethyl adjacent to an activating group) is 1. The van der Waals surface area contributed by atoms with E-state index in [2.05, 4.69) is 41.4 Å². The zero-order valence-electron chi connectivity index (χ0n) is 13.8. The van der Waals surface area contributed by atoms with E-state index < -0.39 is 0 Å². The van der Waals surface area contributed by atoms with Crippen LogP contribution in [0.1, 0.15) is 30.4 Å². The van der Waals surface area contributed by atoms with Crippen LogP contribution in [0.3, 0.4) is 0 Å². The second-order valence-electron chi connectivity index (χ2n) is 6.86. The number of ether oxygens (including phenoxy) is 1. The SMILES string of the molecule is CO[C@H]1C[C@@H](C(=O)NCC2(c3ccccc3C)CC2)N(C)C1. The molecule has 0 bridgehead atoms. The summed E-state index contributed by atoms with van der Waals surface area (Å²) >= 11 is 0. The first kappa shape index (κ1) is 15.5. The standard InChI is InChI=1S/C18H26N2O2/c1-13-6-4-5-7-15(13)18(8-9-18)12-19-17(21)16-10-14(22-3)11-20(16)2/h4-7,14,16H,8-12H2,1-3H3,(H,19,21)/t14-,16-/m0/s1. The van der Waals surface area contributed by atoms with E-state index in [1.54, 1.807) is 7.11 Å². The Morgan fingerprint density at radius 1 is 1.41 bits per heavy atom. The van der Waals surface area contributed by atoms with Gasteiger partial charge in [0.25, 0.3) is 0 Å². The molecule has 2 aliphatic rings. The third-order valence-electron chi connectivity index (χ3n) is 5.32. The number of methoxy groups -OCH3 is 1. The van der Waals surface area contributed by atoms with E-state index in [9.17, 15) is 4.79 Å². The number of nitrogens with one attached hydrogen (secondary N) is 1. The normalized spacial score (nSPS) is 26.9. The molecule has 1 N–H and O–H groups in total. The number of carbonyl (C=O) groups is 1. The van der Waals surface area contributed by atoms with E-state index in [4.69, 9.17) is 4.74 Å². The molecule has 0 aromatic heterocycles. The van der Waals surface area contributed by atoms with E-state index >= 15 is 0 Å². The summed E-state index contributed by atoms with van der Waals surface area (Å²) in [6, 6.07) is 8.48. The van der Waals surface area contributed by atoms with Crippen molar-refractivity contribution in [3.8, 4) is 0 Å². The van der Waals surface area contributed by atoms with E-state index in [1.165, 1.54) is 24.0 Å². The molecule has 1 aromatic carbocycles. The second kappa shape index (κ2) is 6.01. The van der Waals surface area contributed by atoms with Gasteiger partial charge in [-0.25, -0.2) is 0 Å². The van der Waals surface area contributed by atoms with Gasteiger partial charge in [-0.05, 0) is 44.4 Å². The van der Waals surface area contributed by atoms with Crippen molar-refractivity contribution in [2.24, 2.45) is 0 Å². The first-order valence-electron chi connectivity index (χ1n) is 8.12. The molecule has 4 nitrogen and oxygen atoms in total. The Kier molecular flexibility index (Phi) is 4.24. The summed E-state index contributed by atoms with van der Waals surface area (Å²) in [4.78, 5) is 14.6. The number of hydrogen-bond donors (Lipinski definition) is 1. The minimum absolute atomic E-state index is 0.0578. The number of hydrogen-bond acceptors (Lipinski definition) is 3. The molecule has 1 aliphatic heterocycles. The molecule has 120 valence electrons. The Balaban J connectivity index is 1.61. The second-order valence-corrected chi connectivity index (χ2v) is 6.86. The van der Waals surface area contributed by atoms with Gasteiger partial charge in [-0.2, -0.15) is 0 Å². The third-order valence-corrected chi connectivity index (χ3v) is 5.32. The van der Waals surface area contributed by atoms with Crippen molar-refractivity contribution in [1.29, 1.82) is 0 Å². The zero-order valence-corrected chi connectivity index (χ0v) is 13.8. The summed E-state index contributed by atoms with van der Waals surface area (Å²) < 4.78 is 5.38. The monoisotopic (exact) mass is 302 g/mol. The fourth-order valence-electron chi connectivity index (χ4n) is 3.66. The predicted molar refractivity (Wildman–Crippen MR) is 86.9 cm³/mol. The summed E-state index contributed by atoms with van der Waals surface area (Å²) in [5.41, 5.74) is 2.88. The molecule has 4 heteroatoms. The molecular formula is C18H26N2O2. The van der Waals surface area contributed by atoms with Gasteiger partial charge in [-0.1, -0.05) is 24.3 Å². The summed E-state index contributed by atoms with van der Waals surface area (Å²) in [5.74, 6) is 0.141. The molecular weight excluding hydrogens is 276 g/mol. The number of carbonyl (C=O) groups excluding carboxylic acids is 1. The lowest BCUT2D eigenvalue weighted by molar-refractivity contribution is -0.125. The topological polar surface area (TPSA) is 41.6 Å². The maximum absolute atomic E-state index is 12.5. The van der Waals surface area contributed by atoms with Gasteiger partial charge in [0.15, 0.2) is 0 Å². The minimum Gasteiger partial charge on any atom is -0.380 e. The number of nitrogens with zero attached hydrogens (tertiary/aromatic N) is 1. The molecule has 0 spiro atoms. The quantitative estimate of drug-likeness (QED) is 0.903. The lowest BCUT2D eigenvalue weighted by Crippen LogP contribution is -2.44. The zero-order chi connectivity index (χ0) is 15.7. The number of likely N-dealkylation sites (tertiary alicyclic amines) is 1. The fourth-order valence-corrected chi connectivity index (χ4v) is 3.66. The molecule has 1 amide bonds. The highest BCUT2D eigenvalue weighted by atomic mass is 16.5. The summed E-state index contributed by atoms with van der Waals surface area (Å²) in [6.07, 6.45) is 3.29.